The Morgan fingerprint density at radius 1 is 1.20 bits per heavy atom. The van der Waals surface area contributed by atoms with Gasteiger partial charge >= 0.3 is 0 Å². The van der Waals surface area contributed by atoms with Gasteiger partial charge in [0.1, 0.15) is 11.8 Å². The number of benzene rings is 2. The summed E-state index contributed by atoms with van der Waals surface area (Å²) in [5, 5.41) is 3.69. The molecule has 1 unspecified atom stereocenters. The molecule has 7 heteroatoms. The second kappa shape index (κ2) is 10.8. The van der Waals surface area contributed by atoms with Gasteiger partial charge in [0.2, 0.25) is 5.91 Å². The summed E-state index contributed by atoms with van der Waals surface area (Å²) in [5.41, 5.74) is 0.935. The lowest BCUT2D eigenvalue weighted by Gasteiger charge is -2.29. The molecule has 5 nitrogen and oxygen atoms in total. The fourth-order valence-corrected chi connectivity index (χ4v) is 4.14. The van der Waals surface area contributed by atoms with Gasteiger partial charge in [0.15, 0.2) is 6.61 Å². The topological polar surface area (TPSA) is 58.6 Å². The van der Waals surface area contributed by atoms with Crippen LogP contribution in [0, 0.1) is 0 Å². The van der Waals surface area contributed by atoms with E-state index in [1.165, 1.54) is 0 Å². The van der Waals surface area contributed by atoms with Crippen LogP contribution in [-0.4, -0.2) is 35.4 Å². The van der Waals surface area contributed by atoms with Gasteiger partial charge in [0, 0.05) is 22.1 Å². The molecule has 0 saturated heterocycles. The van der Waals surface area contributed by atoms with Gasteiger partial charge in [-0.2, -0.15) is 0 Å². The van der Waals surface area contributed by atoms with Crippen LogP contribution >= 0.6 is 27.5 Å². The fourth-order valence-electron chi connectivity index (χ4n) is 3.57. The Bertz CT molecular complexity index is 869. The molecule has 0 spiro atoms. The second-order valence-corrected chi connectivity index (χ2v) is 8.91. The monoisotopic (exact) mass is 492 g/mol. The van der Waals surface area contributed by atoms with E-state index in [1.54, 1.807) is 36.1 Å². The lowest BCUT2D eigenvalue weighted by Crippen LogP contribution is -2.50. The minimum Gasteiger partial charge on any atom is -0.484 e. The van der Waals surface area contributed by atoms with Crippen LogP contribution in [0.15, 0.2) is 53.0 Å². The first kappa shape index (κ1) is 22.6. The number of ether oxygens (including phenoxy) is 1. The molecular weight excluding hydrogens is 468 g/mol. The standard InChI is InChI=1S/C23H26BrClN2O3/c1-16(23(29)26-20-7-2-3-8-20)27(14-17-5-4-6-18(24)13-17)22(28)15-30-21-11-9-19(25)10-12-21/h4-6,9-13,16,20H,2-3,7-8,14-15H2,1H3,(H,26,29). The van der Waals surface area contributed by atoms with Crippen molar-refractivity contribution >= 4 is 39.3 Å². The van der Waals surface area contributed by atoms with E-state index in [1.807, 2.05) is 24.3 Å². The number of nitrogens with zero attached hydrogens (tertiary/aromatic N) is 1. The van der Waals surface area contributed by atoms with Crippen molar-refractivity contribution in [1.29, 1.82) is 0 Å². The van der Waals surface area contributed by atoms with Gasteiger partial charge < -0.3 is 15.0 Å². The van der Waals surface area contributed by atoms with E-state index in [0.717, 1.165) is 35.7 Å². The molecule has 0 heterocycles. The average Bonchev–Trinajstić information content (AvgIpc) is 3.24. The van der Waals surface area contributed by atoms with Crippen LogP contribution in [0.5, 0.6) is 5.75 Å². The van der Waals surface area contributed by atoms with Gasteiger partial charge in [-0.15, -0.1) is 0 Å². The maximum absolute atomic E-state index is 13.0. The van der Waals surface area contributed by atoms with Crippen molar-refractivity contribution in [2.75, 3.05) is 6.61 Å². The molecule has 2 aromatic carbocycles. The first-order valence-corrected chi connectivity index (χ1v) is 11.3. The summed E-state index contributed by atoms with van der Waals surface area (Å²) in [6.07, 6.45) is 4.26. The molecule has 3 rings (SSSR count). The Morgan fingerprint density at radius 2 is 1.90 bits per heavy atom. The highest BCUT2D eigenvalue weighted by molar-refractivity contribution is 9.10. The van der Waals surface area contributed by atoms with Crippen molar-refractivity contribution in [3.63, 3.8) is 0 Å². The largest absolute Gasteiger partial charge is 0.484 e. The third-order valence-electron chi connectivity index (χ3n) is 5.29. The molecule has 1 saturated carbocycles. The third-order valence-corrected chi connectivity index (χ3v) is 6.03. The molecule has 0 aromatic heterocycles. The van der Waals surface area contributed by atoms with Crippen LogP contribution in [0.2, 0.25) is 5.02 Å². The Labute approximate surface area is 190 Å². The molecule has 0 radical (unpaired) electrons. The molecule has 1 atom stereocenters. The number of hydrogen-bond acceptors (Lipinski definition) is 3. The molecule has 1 N–H and O–H groups in total. The average molecular weight is 494 g/mol. The van der Waals surface area contributed by atoms with Crippen LogP contribution in [0.3, 0.4) is 0 Å². The summed E-state index contributed by atoms with van der Waals surface area (Å²) in [6.45, 7) is 1.93. The third kappa shape index (κ3) is 6.47. The highest BCUT2D eigenvalue weighted by Crippen LogP contribution is 2.20. The van der Waals surface area contributed by atoms with Gasteiger partial charge in [0.05, 0.1) is 0 Å². The van der Waals surface area contributed by atoms with Gasteiger partial charge in [-0.05, 0) is 61.7 Å². The number of carbonyl (C=O) groups is 2. The zero-order valence-corrected chi connectivity index (χ0v) is 19.3. The van der Waals surface area contributed by atoms with E-state index < -0.39 is 6.04 Å². The predicted octanol–water partition coefficient (Wildman–Crippen LogP) is 4.96. The van der Waals surface area contributed by atoms with Crippen LogP contribution in [0.25, 0.3) is 0 Å². The van der Waals surface area contributed by atoms with E-state index >= 15 is 0 Å². The molecule has 30 heavy (non-hydrogen) atoms. The van der Waals surface area contributed by atoms with Gasteiger partial charge in [-0.1, -0.05) is 52.5 Å². The molecule has 2 amide bonds. The molecule has 2 aromatic rings. The lowest BCUT2D eigenvalue weighted by molar-refractivity contribution is -0.142. The number of halogens is 2. The van der Waals surface area contributed by atoms with Crippen molar-refractivity contribution in [1.82, 2.24) is 10.2 Å². The van der Waals surface area contributed by atoms with Gasteiger partial charge in [-0.25, -0.2) is 0 Å². The van der Waals surface area contributed by atoms with E-state index in [4.69, 9.17) is 16.3 Å². The highest BCUT2D eigenvalue weighted by atomic mass is 79.9. The molecule has 0 aliphatic heterocycles. The maximum Gasteiger partial charge on any atom is 0.261 e. The maximum atomic E-state index is 13.0. The van der Waals surface area contributed by atoms with E-state index in [-0.39, 0.29) is 24.5 Å². The first-order valence-electron chi connectivity index (χ1n) is 10.1. The van der Waals surface area contributed by atoms with Gasteiger partial charge in [-0.3, -0.25) is 9.59 Å². The van der Waals surface area contributed by atoms with Gasteiger partial charge in [0.25, 0.3) is 5.91 Å². The first-order chi connectivity index (χ1) is 14.4. The number of nitrogens with one attached hydrogen (secondary N) is 1. The smallest absolute Gasteiger partial charge is 0.261 e. The SMILES string of the molecule is CC(C(=O)NC1CCCC1)N(Cc1cccc(Br)c1)C(=O)COc1ccc(Cl)cc1. The van der Waals surface area contributed by atoms with Crippen LogP contribution in [0.4, 0.5) is 0 Å². The molecule has 1 aliphatic carbocycles. The highest BCUT2D eigenvalue weighted by Gasteiger charge is 2.28. The Morgan fingerprint density at radius 3 is 2.57 bits per heavy atom. The molecule has 1 fully saturated rings. The van der Waals surface area contributed by atoms with E-state index in [2.05, 4.69) is 21.2 Å². The number of amides is 2. The normalized spacial score (nSPS) is 14.9. The predicted molar refractivity (Wildman–Crippen MR) is 121 cm³/mol. The van der Waals surface area contributed by atoms with E-state index in [9.17, 15) is 9.59 Å². The lowest BCUT2D eigenvalue weighted by atomic mass is 10.1. The molecule has 1 aliphatic rings. The Kier molecular flexibility index (Phi) is 8.16. The fraction of sp³-hybridized carbons (Fsp3) is 0.391. The summed E-state index contributed by atoms with van der Waals surface area (Å²) in [7, 11) is 0. The summed E-state index contributed by atoms with van der Waals surface area (Å²) < 4.78 is 6.56. The molecule has 160 valence electrons. The Balaban J connectivity index is 1.70. The minimum atomic E-state index is -0.606. The molecule has 0 bridgehead atoms. The van der Waals surface area contributed by atoms with Crippen LogP contribution < -0.4 is 10.1 Å². The molecular formula is C23H26BrClN2O3. The Hall–Kier alpha value is -2.05. The number of rotatable bonds is 8. The van der Waals surface area contributed by atoms with Crippen LogP contribution in [-0.2, 0) is 16.1 Å². The van der Waals surface area contributed by atoms with Crippen molar-refractivity contribution in [3.05, 3.63) is 63.6 Å². The summed E-state index contributed by atoms with van der Waals surface area (Å²) in [5.74, 6) is 0.175. The van der Waals surface area contributed by atoms with Crippen molar-refractivity contribution < 1.29 is 14.3 Å². The summed E-state index contributed by atoms with van der Waals surface area (Å²) >= 11 is 9.36. The zero-order chi connectivity index (χ0) is 21.5. The zero-order valence-electron chi connectivity index (χ0n) is 16.9. The summed E-state index contributed by atoms with van der Waals surface area (Å²) in [4.78, 5) is 27.5. The number of hydrogen-bond donors (Lipinski definition) is 1. The van der Waals surface area contributed by atoms with Crippen molar-refractivity contribution in [3.8, 4) is 5.75 Å². The number of carbonyl (C=O) groups excluding carboxylic acids is 2. The second-order valence-electron chi connectivity index (χ2n) is 7.56. The van der Waals surface area contributed by atoms with E-state index in [0.29, 0.717) is 17.3 Å². The van der Waals surface area contributed by atoms with Crippen molar-refractivity contribution in [2.24, 2.45) is 0 Å². The van der Waals surface area contributed by atoms with Crippen molar-refractivity contribution in [2.45, 2.75) is 51.2 Å². The quantitative estimate of drug-likeness (QED) is 0.566. The minimum absolute atomic E-state index is 0.128. The van der Waals surface area contributed by atoms with Crippen LogP contribution in [0.1, 0.15) is 38.2 Å². The summed E-state index contributed by atoms with van der Waals surface area (Å²) in [6, 6.07) is 14.2.